The molecule has 0 bridgehead atoms. The standard InChI is InChI=1S/C23H26N2O3S.O2S/c1-14(2)27-21-12-18(28-17-6-4-15(3)5-7-17)10-16-11-20(25-22(16)21)23-24-13-19(29-23)8-9-26;1-3-2/h4-7,10-12,14,19,25-26H,8-9,13H2,1-3H3;. The molecule has 170 valence electrons. The summed E-state index contributed by atoms with van der Waals surface area (Å²) in [6, 6.07) is 14.1. The summed E-state index contributed by atoms with van der Waals surface area (Å²) < 4.78 is 28.7. The molecule has 0 amide bonds. The molecule has 1 aliphatic heterocycles. The van der Waals surface area contributed by atoms with Gasteiger partial charge in [0.1, 0.15) is 22.3 Å². The van der Waals surface area contributed by atoms with E-state index in [1.807, 2.05) is 50.2 Å². The molecule has 0 aliphatic carbocycles. The summed E-state index contributed by atoms with van der Waals surface area (Å²) in [5.41, 5.74) is 3.12. The van der Waals surface area contributed by atoms with Gasteiger partial charge in [-0.25, -0.2) is 0 Å². The van der Waals surface area contributed by atoms with Gasteiger partial charge in [-0.3, -0.25) is 4.99 Å². The second-order valence-corrected chi connectivity index (χ2v) is 9.04. The van der Waals surface area contributed by atoms with Gasteiger partial charge in [0, 0.05) is 23.3 Å². The van der Waals surface area contributed by atoms with E-state index < -0.39 is 11.6 Å². The Labute approximate surface area is 194 Å². The first kappa shape index (κ1) is 24.0. The van der Waals surface area contributed by atoms with Crippen molar-refractivity contribution in [2.75, 3.05) is 13.2 Å². The van der Waals surface area contributed by atoms with E-state index in [0.717, 1.165) is 51.9 Å². The number of hydrogen-bond donors (Lipinski definition) is 2. The topological polar surface area (TPSA) is 101 Å². The molecule has 32 heavy (non-hydrogen) atoms. The Hall–Kier alpha value is -2.62. The van der Waals surface area contributed by atoms with Crippen molar-refractivity contribution in [2.45, 2.75) is 38.5 Å². The number of aliphatic hydroxyl groups excluding tert-OH is 1. The molecule has 9 heteroatoms. The Kier molecular flexibility index (Phi) is 8.49. The van der Waals surface area contributed by atoms with Crippen LogP contribution >= 0.6 is 11.8 Å². The number of rotatable bonds is 7. The molecule has 0 saturated heterocycles. The quantitative estimate of drug-likeness (QED) is 0.518. The molecule has 4 rings (SSSR count). The van der Waals surface area contributed by atoms with E-state index >= 15 is 0 Å². The first-order valence-electron chi connectivity index (χ1n) is 10.3. The van der Waals surface area contributed by atoms with Crippen molar-refractivity contribution >= 4 is 39.3 Å². The third-order valence-electron chi connectivity index (χ3n) is 4.68. The van der Waals surface area contributed by atoms with Gasteiger partial charge in [0.15, 0.2) is 0 Å². The molecule has 3 aromatic rings. The van der Waals surface area contributed by atoms with Crippen LogP contribution in [0.1, 0.15) is 31.5 Å². The largest absolute Gasteiger partial charge is 0.489 e. The lowest BCUT2D eigenvalue weighted by molar-refractivity contribution is 0.244. The van der Waals surface area contributed by atoms with Crippen LogP contribution in [0.2, 0.25) is 0 Å². The average Bonchev–Trinajstić information content (AvgIpc) is 3.37. The third kappa shape index (κ3) is 6.21. The molecule has 1 atom stereocenters. The normalized spacial score (nSPS) is 15.3. The molecule has 0 radical (unpaired) electrons. The fourth-order valence-corrected chi connectivity index (χ4v) is 4.38. The average molecular weight is 475 g/mol. The minimum Gasteiger partial charge on any atom is -0.489 e. The summed E-state index contributed by atoms with van der Waals surface area (Å²) in [5, 5.41) is 11.5. The van der Waals surface area contributed by atoms with Gasteiger partial charge >= 0.3 is 11.6 Å². The Morgan fingerprint density at radius 1 is 1.19 bits per heavy atom. The van der Waals surface area contributed by atoms with Gasteiger partial charge in [-0.2, -0.15) is 8.42 Å². The molecule has 2 aromatic carbocycles. The lowest BCUT2D eigenvalue weighted by atomic mass is 10.2. The molecule has 1 aliphatic rings. The zero-order chi connectivity index (χ0) is 23.1. The fourth-order valence-electron chi connectivity index (χ4n) is 3.31. The number of thioether (sulfide) groups is 1. The van der Waals surface area contributed by atoms with E-state index in [2.05, 4.69) is 23.0 Å². The van der Waals surface area contributed by atoms with E-state index in [4.69, 9.17) is 17.9 Å². The number of nitrogens with zero attached hydrogens (tertiary/aromatic N) is 1. The van der Waals surface area contributed by atoms with Crippen molar-refractivity contribution in [1.29, 1.82) is 0 Å². The summed E-state index contributed by atoms with van der Waals surface area (Å²) >= 11 is 0.968. The van der Waals surface area contributed by atoms with Gasteiger partial charge in [-0.15, -0.1) is 0 Å². The van der Waals surface area contributed by atoms with E-state index in [-0.39, 0.29) is 12.7 Å². The minimum atomic E-state index is -0.750. The molecule has 1 unspecified atom stereocenters. The Morgan fingerprint density at radius 3 is 2.56 bits per heavy atom. The van der Waals surface area contributed by atoms with E-state index in [1.54, 1.807) is 11.8 Å². The highest BCUT2D eigenvalue weighted by Crippen LogP contribution is 2.36. The lowest BCUT2D eigenvalue weighted by Crippen LogP contribution is -2.06. The highest BCUT2D eigenvalue weighted by molar-refractivity contribution is 8.15. The van der Waals surface area contributed by atoms with Gasteiger partial charge in [0.25, 0.3) is 0 Å². The van der Waals surface area contributed by atoms with Crippen LogP contribution in [0.3, 0.4) is 0 Å². The zero-order valence-electron chi connectivity index (χ0n) is 18.2. The SMILES string of the molecule is Cc1ccc(Oc2cc(OC(C)C)c3[nH]c(C4=NCC(CCO)S4)cc3c2)cc1.O=S=O. The highest BCUT2D eigenvalue weighted by Gasteiger charge is 2.22. The lowest BCUT2D eigenvalue weighted by Gasteiger charge is -2.13. The van der Waals surface area contributed by atoms with E-state index in [0.29, 0.717) is 5.25 Å². The van der Waals surface area contributed by atoms with E-state index in [9.17, 15) is 5.11 Å². The van der Waals surface area contributed by atoms with E-state index in [1.165, 1.54) is 5.56 Å². The predicted molar refractivity (Wildman–Crippen MR) is 129 cm³/mol. The van der Waals surface area contributed by atoms with Crippen molar-refractivity contribution < 1.29 is 23.0 Å². The first-order valence-corrected chi connectivity index (χ1v) is 11.8. The van der Waals surface area contributed by atoms with Gasteiger partial charge in [0.05, 0.1) is 23.9 Å². The molecular formula is C23H26N2O5S2. The van der Waals surface area contributed by atoms with Crippen LogP contribution in [0, 0.1) is 6.92 Å². The molecule has 2 heterocycles. The number of aliphatic imine (C=N–C) groups is 1. The van der Waals surface area contributed by atoms with Crippen LogP contribution in [-0.4, -0.2) is 48.1 Å². The number of nitrogens with one attached hydrogen (secondary N) is 1. The Balaban J connectivity index is 0.000000913. The Bertz CT molecular complexity index is 1120. The molecule has 0 saturated carbocycles. The number of aromatic nitrogens is 1. The molecule has 1 aromatic heterocycles. The summed E-state index contributed by atoms with van der Waals surface area (Å²) in [6.07, 6.45) is 0.806. The Morgan fingerprint density at radius 2 is 1.91 bits per heavy atom. The van der Waals surface area contributed by atoms with Crippen LogP contribution in [0.4, 0.5) is 0 Å². The number of H-pyrrole nitrogens is 1. The fraction of sp³-hybridized carbons (Fsp3) is 0.348. The van der Waals surface area contributed by atoms with Crippen molar-refractivity contribution in [3.8, 4) is 17.2 Å². The highest BCUT2D eigenvalue weighted by atomic mass is 32.2. The van der Waals surface area contributed by atoms with Crippen LogP contribution in [0.5, 0.6) is 17.2 Å². The summed E-state index contributed by atoms with van der Waals surface area (Å²) in [4.78, 5) is 8.13. The van der Waals surface area contributed by atoms with Crippen molar-refractivity contribution in [3.05, 3.63) is 53.7 Å². The molecule has 7 nitrogen and oxygen atoms in total. The maximum Gasteiger partial charge on any atom is 0.335 e. The maximum absolute atomic E-state index is 9.18. The monoisotopic (exact) mass is 474 g/mol. The summed E-state index contributed by atoms with van der Waals surface area (Å²) in [6.45, 7) is 7.02. The summed E-state index contributed by atoms with van der Waals surface area (Å²) in [7, 11) is 0. The number of aryl methyl sites for hydroxylation is 1. The second-order valence-electron chi connectivity index (χ2n) is 7.62. The van der Waals surface area contributed by atoms with Crippen LogP contribution in [0.25, 0.3) is 10.9 Å². The van der Waals surface area contributed by atoms with Crippen LogP contribution in [-0.2, 0) is 11.6 Å². The number of aliphatic hydroxyl groups is 1. The zero-order valence-corrected chi connectivity index (χ0v) is 19.8. The molecular weight excluding hydrogens is 448 g/mol. The predicted octanol–water partition coefficient (Wildman–Crippen LogP) is 4.63. The van der Waals surface area contributed by atoms with Gasteiger partial charge < -0.3 is 19.6 Å². The number of aromatic amines is 1. The van der Waals surface area contributed by atoms with Gasteiger partial charge in [0.2, 0.25) is 0 Å². The number of ether oxygens (including phenoxy) is 2. The second kappa shape index (κ2) is 11.3. The first-order chi connectivity index (χ1) is 15.4. The maximum atomic E-state index is 9.18. The van der Waals surface area contributed by atoms with Gasteiger partial charge in [-0.1, -0.05) is 29.5 Å². The van der Waals surface area contributed by atoms with Crippen molar-refractivity contribution in [2.24, 2.45) is 4.99 Å². The molecule has 0 spiro atoms. The van der Waals surface area contributed by atoms with Crippen LogP contribution < -0.4 is 9.47 Å². The number of fused-ring (bicyclic) bond motifs is 1. The molecule has 0 fully saturated rings. The van der Waals surface area contributed by atoms with Gasteiger partial charge in [-0.05, 0) is 51.5 Å². The van der Waals surface area contributed by atoms with Crippen molar-refractivity contribution in [1.82, 2.24) is 4.98 Å². The van der Waals surface area contributed by atoms with Crippen LogP contribution in [0.15, 0.2) is 47.5 Å². The van der Waals surface area contributed by atoms with Crippen molar-refractivity contribution in [3.63, 3.8) is 0 Å². The number of benzene rings is 2. The number of hydrogen-bond acceptors (Lipinski definition) is 7. The molecule has 2 N–H and O–H groups in total. The minimum absolute atomic E-state index is 0.0479. The smallest absolute Gasteiger partial charge is 0.335 e. The third-order valence-corrected chi connectivity index (χ3v) is 5.97. The summed E-state index contributed by atoms with van der Waals surface area (Å²) in [5.74, 6) is 2.30.